The highest BCUT2D eigenvalue weighted by Crippen LogP contribution is 2.78. The van der Waals surface area contributed by atoms with Crippen molar-refractivity contribution >= 4 is 44.1 Å². The first-order valence-corrected chi connectivity index (χ1v) is 21.2. The van der Waals surface area contributed by atoms with E-state index in [2.05, 4.69) is 44.2 Å². The number of Topliss-reactive ketones (excluding diaryl/α,β-unsaturated/α-hetero) is 1. The summed E-state index contributed by atoms with van der Waals surface area (Å²) in [5, 5.41) is 27.4. The topological polar surface area (TPSA) is 96.3 Å². The van der Waals surface area contributed by atoms with Crippen LogP contribution >= 0.6 is 11.3 Å². The van der Waals surface area contributed by atoms with Gasteiger partial charge in [0.1, 0.15) is 5.75 Å². The standard InChI is InChI=1S/C47H51NO6S/c1-43-18-15-33(49)26-45(43)21-22-47(36(27-45)41(50)38-25-32-10-5-6-12-37(32)55-38)39(43)16-19-44(2)40(47)17-20-46(44,52)29-48(28-35-11-7-23-53-35)42(51)54-34-14-13-30-8-3-4-9-31(30)24-34/h3-6,8-10,12-14,21-22,24-25,27,33,35,39-40,49,52H,7,11,15-20,23,26,28-29H2,1-2H3. The van der Waals surface area contributed by atoms with Crippen molar-refractivity contribution in [3.63, 3.8) is 0 Å². The number of hydrogen-bond donors (Lipinski definition) is 2. The predicted octanol–water partition coefficient (Wildman–Crippen LogP) is 9.51. The summed E-state index contributed by atoms with van der Waals surface area (Å²) in [5.41, 5.74) is -2.05. The predicted molar refractivity (Wildman–Crippen MR) is 215 cm³/mol. The summed E-state index contributed by atoms with van der Waals surface area (Å²) in [6.45, 7) is 5.79. The molecule has 9 unspecified atom stereocenters. The molecule has 3 aromatic carbocycles. The lowest BCUT2D eigenvalue weighted by atomic mass is 9.32. The molecule has 2 bridgehead atoms. The maximum absolute atomic E-state index is 15.1. The van der Waals surface area contributed by atoms with Crippen LogP contribution in [0.5, 0.6) is 5.75 Å². The summed E-state index contributed by atoms with van der Waals surface area (Å²) in [7, 11) is 0. The van der Waals surface area contributed by atoms with Gasteiger partial charge in [-0.25, -0.2) is 4.79 Å². The third kappa shape index (κ3) is 5.16. The van der Waals surface area contributed by atoms with Gasteiger partial charge >= 0.3 is 6.09 Å². The zero-order chi connectivity index (χ0) is 37.8. The van der Waals surface area contributed by atoms with E-state index in [9.17, 15) is 15.0 Å². The highest BCUT2D eigenvalue weighted by atomic mass is 32.1. The molecule has 1 saturated heterocycles. The Hall–Kier alpha value is -3.82. The van der Waals surface area contributed by atoms with E-state index in [4.69, 9.17) is 9.47 Å². The SMILES string of the molecule is CC12CCC(O)CC13C=CC1(C(C(=O)c4cc5ccccc5s4)=C3)C2CCC2(C)C1CCC2(O)CN(CC1CCCO1)C(=O)Oc1ccc2ccccc2c1. The van der Waals surface area contributed by atoms with E-state index in [1.165, 1.54) is 0 Å². The van der Waals surface area contributed by atoms with Crippen LogP contribution in [0.25, 0.3) is 20.9 Å². The highest BCUT2D eigenvalue weighted by Gasteiger charge is 2.74. The second kappa shape index (κ2) is 12.6. The zero-order valence-electron chi connectivity index (χ0n) is 31.8. The summed E-state index contributed by atoms with van der Waals surface area (Å²) < 4.78 is 13.2. The molecule has 1 aliphatic heterocycles. The summed E-state index contributed by atoms with van der Waals surface area (Å²) >= 11 is 1.56. The van der Waals surface area contributed by atoms with E-state index in [-0.39, 0.29) is 35.7 Å². The van der Waals surface area contributed by atoms with Crippen molar-refractivity contribution in [2.45, 2.75) is 89.4 Å². The lowest BCUT2D eigenvalue weighted by molar-refractivity contribution is -0.175. The third-order valence-corrected chi connectivity index (χ3v) is 16.8. The Morgan fingerprint density at radius 2 is 1.62 bits per heavy atom. The van der Waals surface area contributed by atoms with Crippen LogP contribution in [0.1, 0.15) is 81.3 Å². The Balaban J connectivity index is 1.02. The van der Waals surface area contributed by atoms with Crippen molar-refractivity contribution in [1.82, 2.24) is 4.90 Å². The maximum Gasteiger partial charge on any atom is 0.415 e. The minimum atomic E-state index is -1.21. The number of aliphatic hydroxyl groups excluding tert-OH is 1. The van der Waals surface area contributed by atoms with Gasteiger partial charge < -0.3 is 24.6 Å². The van der Waals surface area contributed by atoms with Gasteiger partial charge in [-0.15, -0.1) is 11.3 Å². The number of ketones is 1. The Kier molecular flexibility index (Phi) is 8.15. The molecule has 4 aromatic rings. The van der Waals surface area contributed by atoms with Gasteiger partial charge in [-0.05, 0) is 115 Å². The van der Waals surface area contributed by atoms with E-state index in [0.29, 0.717) is 31.7 Å². The fraction of sp³-hybridized carbons (Fsp3) is 0.489. The van der Waals surface area contributed by atoms with E-state index in [1.54, 1.807) is 16.2 Å². The van der Waals surface area contributed by atoms with Crippen molar-refractivity contribution < 1.29 is 29.3 Å². The fourth-order valence-electron chi connectivity index (χ4n) is 12.8. The van der Waals surface area contributed by atoms with Crippen LogP contribution in [0, 0.1) is 33.5 Å². The van der Waals surface area contributed by atoms with Crippen molar-refractivity contribution in [2.24, 2.45) is 33.5 Å². The molecule has 1 aromatic heterocycles. The van der Waals surface area contributed by atoms with Crippen LogP contribution in [-0.4, -0.2) is 64.5 Å². The molecule has 7 nitrogen and oxygen atoms in total. The van der Waals surface area contributed by atoms with Gasteiger partial charge in [-0.1, -0.05) is 80.6 Å². The normalized spacial score (nSPS) is 37.3. The Labute approximate surface area is 327 Å². The molecule has 3 saturated carbocycles. The first-order chi connectivity index (χ1) is 26.5. The highest BCUT2D eigenvalue weighted by molar-refractivity contribution is 7.21. The van der Waals surface area contributed by atoms with Gasteiger partial charge in [0, 0.05) is 33.1 Å². The summed E-state index contributed by atoms with van der Waals surface area (Å²) in [6.07, 6.45) is 13.0. The zero-order valence-corrected chi connectivity index (χ0v) is 32.7. The summed E-state index contributed by atoms with van der Waals surface area (Å²) in [6, 6.07) is 23.9. The number of thiophene rings is 1. The van der Waals surface area contributed by atoms with Crippen molar-refractivity contribution in [1.29, 1.82) is 0 Å². The molecular weight excluding hydrogens is 707 g/mol. The van der Waals surface area contributed by atoms with Gasteiger partial charge in [-0.2, -0.15) is 0 Å². The molecule has 4 fully saturated rings. The van der Waals surface area contributed by atoms with E-state index in [1.807, 2.05) is 60.7 Å². The minimum Gasteiger partial charge on any atom is -0.410 e. The number of ether oxygens (including phenoxy) is 2. The first-order valence-electron chi connectivity index (χ1n) is 20.4. The van der Waals surface area contributed by atoms with Gasteiger partial charge in [-0.3, -0.25) is 4.79 Å². The maximum atomic E-state index is 15.1. The molecule has 286 valence electrons. The van der Waals surface area contributed by atoms with Crippen molar-refractivity contribution in [2.75, 3.05) is 19.7 Å². The number of allylic oxidation sites excluding steroid dienone is 4. The molecule has 2 N–H and O–H groups in total. The number of carbonyl (C=O) groups is 2. The van der Waals surface area contributed by atoms with Crippen molar-refractivity contribution in [3.05, 3.63) is 101 Å². The third-order valence-electron chi connectivity index (χ3n) is 15.7. The number of rotatable bonds is 7. The smallest absolute Gasteiger partial charge is 0.410 e. The average Bonchev–Trinajstić information content (AvgIpc) is 3.92. The first kappa shape index (κ1) is 35.6. The number of carbonyl (C=O) groups excluding carboxylic acids is 2. The lowest BCUT2D eigenvalue weighted by Crippen LogP contribution is -2.67. The van der Waals surface area contributed by atoms with Crippen LogP contribution in [0.15, 0.2) is 96.6 Å². The number of nitrogens with zero attached hydrogens (tertiary/aromatic N) is 1. The average molecular weight is 758 g/mol. The van der Waals surface area contributed by atoms with E-state index >= 15 is 4.79 Å². The molecule has 9 atom stereocenters. The quantitative estimate of drug-likeness (QED) is 0.144. The minimum absolute atomic E-state index is 0.0207. The van der Waals surface area contributed by atoms with Gasteiger partial charge in [0.15, 0.2) is 5.78 Å². The van der Waals surface area contributed by atoms with Gasteiger partial charge in [0.25, 0.3) is 0 Å². The van der Waals surface area contributed by atoms with E-state index < -0.39 is 34.0 Å². The molecule has 8 heteroatoms. The lowest BCUT2D eigenvalue weighted by Gasteiger charge is -2.71. The molecule has 7 aliphatic rings. The number of aliphatic hydroxyl groups is 2. The van der Waals surface area contributed by atoms with Crippen LogP contribution in [-0.2, 0) is 4.74 Å². The van der Waals surface area contributed by atoms with Crippen LogP contribution in [0.4, 0.5) is 4.79 Å². The molecule has 11 rings (SSSR count). The largest absolute Gasteiger partial charge is 0.415 e. The Morgan fingerprint density at radius 3 is 2.42 bits per heavy atom. The number of amides is 1. The summed E-state index contributed by atoms with van der Waals surface area (Å²) in [4.78, 5) is 31.8. The van der Waals surface area contributed by atoms with Crippen LogP contribution in [0.3, 0.4) is 0 Å². The molecule has 6 aliphatic carbocycles. The van der Waals surface area contributed by atoms with Crippen LogP contribution in [0.2, 0.25) is 0 Å². The second-order valence-corrected chi connectivity index (χ2v) is 19.3. The van der Waals surface area contributed by atoms with E-state index in [0.717, 1.165) is 76.3 Å². The molecule has 2 spiro atoms. The second-order valence-electron chi connectivity index (χ2n) is 18.2. The molecule has 55 heavy (non-hydrogen) atoms. The van der Waals surface area contributed by atoms with Crippen molar-refractivity contribution in [3.8, 4) is 5.75 Å². The monoisotopic (exact) mass is 757 g/mol. The molecule has 0 radical (unpaired) electrons. The molecular formula is C47H51NO6S. The number of benzene rings is 3. The summed E-state index contributed by atoms with van der Waals surface area (Å²) in [5.74, 6) is 0.724. The molecule has 1 amide bonds. The number of hydrogen-bond acceptors (Lipinski definition) is 7. The Morgan fingerprint density at radius 1 is 0.873 bits per heavy atom. The number of fused-ring (bicyclic) bond motifs is 3. The van der Waals surface area contributed by atoms with Gasteiger partial charge in [0.05, 0.1) is 35.8 Å². The molecule has 2 heterocycles. The Bertz CT molecular complexity index is 2240. The van der Waals surface area contributed by atoms with Crippen LogP contribution < -0.4 is 4.74 Å². The fourth-order valence-corrected chi connectivity index (χ4v) is 13.8. The van der Waals surface area contributed by atoms with Gasteiger partial charge in [0.2, 0.25) is 0 Å².